The summed E-state index contributed by atoms with van der Waals surface area (Å²) in [4.78, 5) is 16.0. The van der Waals surface area contributed by atoms with Crippen molar-refractivity contribution in [2.24, 2.45) is 0 Å². The van der Waals surface area contributed by atoms with Crippen molar-refractivity contribution in [3.8, 4) is 0 Å². The van der Waals surface area contributed by atoms with E-state index >= 15 is 0 Å². The normalized spacial score (nSPS) is 16.5. The summed E-state index contributed by atoms with van der Waals surface area (Å²) in [7, 11) is 0. The first-order chi connectivity index (χ1) is 8.30. The Hall–Kier alpha value is -1.68. The van der Waals surface area contributed by atoms with E-state index < -0.39 is 0 Å². The van der Waals surface area contributed by atoms with E-state index in [4.69, 9.17) is 0 Å². The number of carbonyl (C=O) groups excluding carboxylic acids is 1. The van der Waals surface area contributed by atoms with Gasteiger partial charge in [0.25, 0.3) is 5.91 Å². The number of aromatic nitrogens is 1. The quantitative estimate of drug-likeness (QED) is 0.901. The van der Waals surface area contributed by atoms with Gasteiger partial charge in [-0.1, -0.05) is 30.3 Å². The van der Waals surface area contributed by atoms with Crippen molar-refractivity contribution < 1.29 is 4.79 Å². The van der Waals surface area contributed by atoms with Gasteiger partial charge in [-0.05, 0) is 18.4 Å². The zero-order valence-corrected chi connectivity index (χ0v) is 10.0. The molecule has 1 saturated carbocycles. The Morgan fingerprint density at radius 1 is 1.29 bits per heavy atom. The number of hydrogen-bond donors (Lipinski definition) is 1. The molecular formula is C13H12N2OS. The van der Waals surface area contributed by atoms with E-state index in [9.17, 15) is 4.79 Å². The van der Waals surface area contributed by atoms with E-state index in [0.29, 0.717) is 5.01 Å². The van der Waals surface area contributed by atoms with Crippen molar-refractivity contribution in [1.82, 2.24) is 10.3 Å². The topological polar surface area (TPSA) is 42.0 Å². The SMILES string of the molecule is O=C(NC1(c2ccccc2)CC1)c1nccs1. The van der Waals surface area contributed by atoms with Crippen LogP contribution >= 0.6 is 11.3 Å². The van der Waals surface area contributed by atoms with Crippen molar-refractivity contribution in [3.05, 3.63) is 52.5 Å². The largest absolute Gasteiger partial charge is 0.340 e. The van der Waals surface area contributed by atoms with Crippen LogP contribution in [0.15, 0.2) is 41.9 Å². The first-order valence-electron chi connectivity index (χ1n) is 5.58. The standard InChI is InChI=1S/C13H12N2OS/c16-11(12-14-8-9-17-12)15-13(6-7-13)10-4-2-1-3-5-10/h1-5,8-9H,6-7H2,(H,15,16). The summed E-state index contributed by atoms with van der Waals surface area (Å²) in [6.07, 6.45) is 3.67. The zero-order chi connectivity index (χ0) is 11.7. The molecule has 1 aromatic heterocycles. The average molecular weight is 244 g/mol. The number of thiazole rings is 1. The van der Waals surface area contributed by atoms with Crippen molar-refractivity contribution in [2.75, 3.05) is 0 Å². The molecule has 0 unspecified atom stereocenters. The van der Waals surface area contributed by atoms with Crippen molar-refractivity contribution in [2.45, 2.75) is 18.4 Å². The van der Waals surface area contributed by atoms with Crippen LogP contribution in [0.3, 0.4) is 0 Å². The smallest absolute Gasteiger partial charge is 0.280 e. The Bertz CT molecular complexity index is 518. The fourth-order valence-electron chi connectivity index (χ4n) is 1.97. The highest BCUT2D eigenvalue weighted by Crippen LogP contribution is 2.45. The maximum atomic E-state index is 12.0. The molecule has 1 N–H and O–H groups in total. The Labute approximate surface area is 104 Å². The third-order valence-corrected chi connectivity index (χ3v) is 3.83. The minimum atomic E-state index is -0.149. The average Bonchev–Trinajstić information content (AvgIpc) is 2.94. The molecule has 86 valence electrons. The van der Waals surface area contributed by atoms with E-state index in [0.717, 1.165) is 12.8 Å². The number of rotatable bonds is 3. The Morgan fingerprint density at radius 3 is 2.65 bits per heavy atom. The molecule has 0 spiro atoms. The van der Waals surface area contributed by atoms with Crippen LogP contribution in [0.25, 0.3) is 0 Å². The number of nitrogens with zero attached hydrogens (tertiary/aromatic N) is 1. The molecule has 1 fully saturated rings. The summed E-state index contributed by atoms with van der Waals surface area (Å²) in [6, 6.07) is 10.1. The lowest BCUT2D eigenvalue weighted by Crippen LogP contribution is -2.34. The van der Waals surface area contributed by atoms with Crippen LogP contribution in [-0.2, 0) is 5.54 Å². The predicted octanol–water partition coefficient (Wildman–Crippen LogP) is 2.56. The molecule has 1 heterocycles. The summed E-state index contributed by atoms with van der Waals surface area (Å²) in [5.74, 6) is -0.0682. The number of hydrogen-bond acceptors (Lipinski definition) is 3. The fraction of sp³-hybridized carbons (Fsp3) is 0.231. The Balaban J connectivity index is 1.80. The van der Waals surface area contributed by atoms with E-state index in [2.05, 4.69) is 22.4 Å². The molecule has 1 aromatic carbocycles. The third kappa shape index (κ3) is 1.96. The molecule has 0 bridgehead atoms. The van der Waals surface area contributed by atoms with Gasteiger partial charge in [-0.25, -0.2) is 4.98 Å². The molecule has 1 aliphatic carbocycles. The molecule has 3 rings (SSSR count). The summed E-state index contributed by atoms with van der Waals surface area (Å²) in [5, 5.41) is 5.45. The van der Waals surface area contributed by atoms with Gasteiger partial charge < -0.3 is 5.32 Å². The maximum Gasteiger partial charge on any atom is 0.280 e. The molecule has 4 heteroatoms. The van der Waals surface area contributed by atoms with Crippen LogP contribution in [0.1, 0.15) is 28.2 Å². The number of carbonyl (C=O) groups is 1. The van der Waals surface area contributed by atoms with Crippen LogP contribution in [0, 0.1) is 0 Å². The summed E-state index contributed by atoms with van der Waals surface area (Å²) >= 11 is 1.37. The molecule has 0 radical (unpaired) electrons. The van der Waals surface area contributed by atoms with Crippen LogP contribution in [0.5, 0.6) is 0 Å². The van der Waals surface area contributed by atoms with Crippen LogP contribution in [0.4, 0.5) is 0 Å². The third-order valence-electron chi connectivity index (χ3n) is 3.06. The summed E-state index contributed by atoms with van der Waals surface area (Å²) in [5.41, 5.74) is 1.04. The molecule has 0 saturated heterocycles. The number of nitrogens with one attached hydrogen (secondary N) is 1. The zero-order valence-electron chi connectivity index (χ0n) is 9.22. The van der Waals surface area contributed by atoms with Gasteiger partial charge in [-0.2, -0.15) is 0 Å². The first kappa shape index (κ1) is 10.5. The van der Waals surface area contributed by atoms with Gasteiger partial charge in [0, 0.05) is 11.6 Å². The summed E-state index contributed by atoms with van der Waals surface area (Å²) in [6.45, 7) is 0. The Kier molecular flexibility index (Phi) is 2.44. The van der Waals surface area contributed by atoms with Crippen LogP contribution in [-0.4, -0.2) is 10.9 Å². The minimum Gasteiger partial charge on any atom is -0.340 e. The second kappa shape index (κ2) is 3.96. The lowest BCUT2D eigenvalue weighted by atomic mass is 10.1. The van der Waals surface area contributed by atoms with Crippen molar-refractivity contribution in [1.29, 1.82) is 0 Å². The Morgan fingerprint density at radius 2 is 2.06 bits per heavy atom. The van der Waals surface area contributed by atoms with E-state index in [1.165, 1.54) is 16.9 Å². The van der Waals surface area contributed by atoms with Gasteiger partial charge in [-0.3, -0.25) is 4.79 Å². The first-order valence-corrected chi connectivity index (χ1v) is 6.46. The summed E-state index contributed by atoms with van der Waals surface area (Å²) < 4.78 is 0. The van der Waals surface area contributed by atoms with E-state index in [1.807, 2.05) is 23.6 Å². The van der Waals surface area contributed by atoms with Gasteiger partial charge in [0.05, 0.1) is 5.54 Å². The molecule has 1 amide bonds. The monoisotopic (exact) mass is 244 g/mol. The lowest BCUT2D eigenvalue weighted by Gasteiger charge is -2.16. The number of benzene rings is 1. The van der Waals surface area contributed by atoms with Gasteiger partial charge in [0.1, 0.15) is 0 Å². The predicted molar refractivity (Wildman–Crippen MR) is 66.9 cm³/mol. The minimum absolute atomic E-state index is 0.0682. The van der Waals surface area contributed by atoms with Gasteiger partial charge in [0.15, 0.2) is 5.01 Å². The molecule has 2 aromatic rings. The molecular weight excluding hydrogens is 232 g/mol. The maximum absolute atomic E-state index is 12.0. The fourth-order valence-corrected chi connectivity index (χ4v) is 2.50. The molecule has 17 heavy (non-hydrogen) atoms. The highest BCUT2D eigenvalue weighted by molar-refractivity contribution is 7.11. The van der Waals surface area contributed by atoms with Crippen molar-refractivity contribution in [3.63, 3.8) is 0 Å². The van der Waals surface area contributed by atoms with Crippen LogP contribution < -0.4 is 5.32 Å². The second-order valence-corrected chi connectivity index (χ2v) is 5.13. The van der Waals surface area contributed by atoms with Gasteiger partial charge >= 0.3 is 0 Å². The lowest BCUT2D eigenvalue weighted by molar-refractivity contribution is 0.0930. The second-order valence-electron chi connectivity index (χ2n) is 4.24. The number of amides is 1. The van der Waals surface area contributed by atoms with Gasteiger partial charge in [0.2, 0.25) is 0 Å². The molecule has 3 nitrogen and oxygen atoms in total. The molecule has 1 aliphatic rings. The van der Waals surface area contributed by atoms with Gasteiger partial charge in [-0.15, -0.1) is 11.3 Å². The highest BCUT2D eigenvalue weighted by atomic mass is 32.1. The molecule has 0 atom stereocenters. The van der Waals surface area contributed by atoms with E-state index in [-0.39, 0.29) is 11.4 Å². The highest BCUT2D eigenvalue weighted by Gasteiger charge is 2.45. The molecule has 0 aliphatic heterocycles. The van der Waals surface area contributed by atoms with Crippen molar-refractivity contribution >= 4 is 17.2 Å². The van der Waals surface area contributed by atoms with E-state index in [1.54, 1.807) is 6.20 Å². The van der Waals surface area contributed by atoms with Crippen LogP contribution in [0.2, 0.25) is 0 Å².